The second-order valence-electron chi connectivity index (χ2n) is 2.75. The Labute approximate surface area is 99.1 Å². The summed E-state index contributed by atoms with van der Waals surface area (Å²) >= 11 is 11.3. The van der Waals surface area contributed by atoms with Gasteiger partial charge in [-0.2, -0.15) is 5.26 Å². The van der Waals surface area contributed by atoms with Crippen molar-refractivity contribution in [1.29, 1.82) is 5.26 Å². The van der Waals surface area contributed by atoms with Crippen LogP contribution in [0.2, 0.25) is 10.0 Å². The summed E-state index contributed by atoms with van der Waals surface area (Å²) in [5, 5.41) is 8.38. The molecule has 0 aliphatic rings. The average Bonchev–Trinajstić information content (AvgIpc) is 2.08. The molecule has 0 spiro atoms. The van der Waals surface area contributed by atoms with E-state index in [1.165, 1.54) is 0 Å². The van der Waals surface area contributed by atoms with Crippen LogP contribution in [0.15, 0.2) is 12.1 Å². The molecule has 2 nitrogen and oxygen atoms in total. The lowest BCUT2D eigenvalue weighted by molar-refractivity contribution is -0.274. The molecule has 0 unspecified atom stereocenters. The van der Waals surface area contributed by atoms with Gasteiger partial charge in [0.2, 0.25) is 0 Å². The van der Waals surface area contributed by atoms with E-state index in [1.54, 1.807) is 6.07 Å². The number of hydrogen-bond acceptors (Lipinski definition) is 2. The minimum absolute atomic E-state index is 0.0340. The number of halogens is 5. The Hall–Kier alpha value is -1.12. The first kappa shape index (κ1) is 12.9. The molecule has 1 aromatic carbocycles. The zero-order valence-corrected chi connectivity index (χ0v) is 9.12. The van der Waals surface area contributed by atoms with E-state index in [0.29, 0.717) is 0 Å². The summed E-state index contributed by atoms with van der Waals surface area (Å²) in [6.07, 6.45) is -4.88. The summed E-state index contributed by atoms with van der Waals surface area (Å²) in [6.45, 7) is 0. The first-order valence-corrected chi connectivity index (χ1v) is 4.69. The number of nitrogens with zero attached hydrogens (tertiary/aromatic N) is 1. The zero-order chi connectivity index (χ0) is 12.3. The molecule has 0 saturated carbocycles. The van der Waals surface area contributed by atoms with Gasteiger partial charge in [0, 0.05) is 15.6 Å². The van der Waals surface area contributed by atoms with E-state index in [-0.39, 0.29) is 22.0 Å². The largest absolute Gasteiger partial charge is 0.573 e. The molecule has 0 radical (unpaired) electrons. The fraction of sp³-hybridized carbons (Fsp3) is 0.222. The highest BCUT2D eigenvalue weighted by atomic mass is 35.5. The number of ether oxygens (including phenoxy) is 1. The van der Waals surface area contributed by atoms with Gasteiger partial charge >= 0.3 is 6.36 Å². The van der Waals surface area contributed by atoms with Crippen molar-refractivity contribution >= 4 is 23.2 Å². The van der Waals surface area contributed by atoms with Gasteiger partial charge in [-0.1, -0.05) is 23.2 Å². The molecule has 0 aromatic heterocycles. The minimum Gasteiger partial charge on any atom is -0.406 e. The third-order valence-electron chi connectivity index (χ3n) is 1.60. The van der Waals surface area contributed by atoms with Crippen LogP contribution in [-0.2, 0) is 6.42 Å². The van der Waals surface area contributed by atoms with Crippen molar-refractivity contribution in [1.82, 2.24) is 0 Å². The lowest BCUT2D eigenvalue weighted by Crippen LogP contribution is -2.17. The average molecular weight is 270 g/mol. The van der Waals surface area contributed by atoms with Crippen LogP contribution >= 0.6 is 23.2 Å². The number of benzene rings is 1. The third kappa shape index (κ3) is 3.47. The van der Waals surface area contributed by atoms with E-state index in [2.05, 4.69) is 4.74 Å². The highest BCUT2D eigenvalue weighted by Crippen LogP contribution is 2.33. The van der Waals surface area contributed by atoms with Crippen molar-refractivity contribution in [2.24, 2.45) is 0 Å². The van der Waals surface area contributed by atoms with Crippen LogP contribution < -0.4 is 4.74 Å². The molecular formula is C9H4Cl2F3NO. The van der Waals surface area contributed by atoms with Crippen LogP contribution in [0, 0.1) is 11.3 Å². The van der Waals surface area contributed by atoms with Crippen molar-refractivity contribution in [3.8, 4) is 11.8 Å². The standard InChI is InChI=1S/C9H4Cl2F3NO/c10-7-3-5(16-9(12,13)14)4-8(11)6(7)1-2-15/h3-4H,1H2. The van der Waals surface area contributed by atoms with E-state index >= 15 is 0 Å². The number of rotatable bonds is 2. The third-order valence-corrected chi connectivity index (χ3v) is 2.28. The maximum atomic E-state index is 11.9. The van der Waals surface area contributed by atoms with E-state index in [1.807, 2.05) is 0 Å². The fourth-order valence-electron chi connectivity index (χ4n) is 1.02. The van der Waals surface area contributed by atoms with Crippen molar-refractivity contribution in [2.75, 3.05) is 0 Å². The topological polar surface area (TPSA) is 33.0 Å². The van der Waals surface area contributed by atoms with E-state index in [4.69, 9.17) is 28.5 Å². The molecule has 1 rings (SSSR count). The Balaban J connectivity index is 3.06. The monoisotopic (exact) mass is 269 g/mol. The van der Waals surface area contributed by atoms with Crippen molar-refractivity contribution < 1.29 is 17.9 Å². The summed E-state index contributed by atoms with van der Waals surface area (Å²) in [5.41, 5.74) is 0.278. The Morgan fingerprint density at radius 3 is 2.12 bits per heavy atom. The quantitative estimate of drug-likeness (QED) is 0.814. The van der Waals surface area contributed by atoms with E-state index in [9.17, 15) is 13.2 Å². The molecule has 86 valence electrons. The molecule has 0 amide bonds. The predicted molar refractivity (Wildman–Crippen MR) is 52.5 cm³/mol. The van der Waals surface area contributed by atoms with Gasteiger partial charge in [-0.05, 0) is 12.1 Å². The summed E-state index contributed by atoms with van der Waals surface area (Å²) in [5.74, 6) is -0.510. The number of nitriles is 1. The van der Waals surface area contributed by atoms with Gasteiger partial charge in [0.15, 0.2) is 0 Å². The number of alkyl halides is 3. The summed E-state index contributed by atoms with van der Waals surface area (Å²) in [4.78, 5) is 0. The molecule has 1 aromatic rings. The Bertz CT molecular complexity index is 416. The van der Waals surface area contributed by atoms with Crippen LogP contribution in [0.25, 0.3) is 0 Å². The second kappa shape index (κ2) is 4.81. The van der Waals surface area contributed by atoms with Gasteiger partial charge in [-0.15, -0.1) is 13.2 Å². The van der Waals surface area contributed by atoms with Crippen LogP contribution in [0.4, 0.5) is 13.2 Å². The van der Waals surface area contributed by atoms with Gasteiger partial charge < -0.3 is 4.74 Å². The summed E-state index contributed by atoms with van der Waals surface area (Å²) in [7, 11) is 0. The van der Waals surface area contributed by atoms with Crippen LogP contribution in [0.3, 0.4) is 0 Å². The fourth-order valence-corrected chi connectivity index (χ4v) is 1.62. The predicted octanol–water partition coefficient (Wildman–Crippen LogP) is 3.96. The molecule has 0 bridgehead atoms. The summed E-state index contributed by atoms with van der Waals surface area (Å²) in [6, 6.07) is 3.73. The first-order chi connectivity index (χ1) is 7.33. The van der Waals surface area contributed by atoms with Crippen LogP contribution in [-0.4, -0.2) is 6.36 Å². The Morgan fingerprint density at radius 2 is 1.75 bits per heavy atom. The van der Waals surface area contributed by atoms with Crippen LogP contribution in [0.5, 0.6) is 5.75 Å². The van der Waals surface area contributed by atoms with Crippen molar-refractivity contribution in [2.45, 2.75) is 12.8 Å². The normalized spacial score (nSPS) is 11.0. The zero-order valence-electron chi connectivity index (χ0n) is 7.61. The maximum Gasteiger partial charge on any atom is 0.573 e. The molecule has 0 aliphatic heterocycles. The Kier molecular flexibility index (Phi) is 3.89. The molecule has 0 aliphatic carbocycles. The van der Waals surface area contributed by atoms with Crippen molar-refractivity contribution in [3.05, 3.63) is 27.7 Å². The SMILES string of the molecule is N#CCc1c(Cl)cc(OC(F)(F)F)cc1Cl. The van der Waals surface area contributed by atoms with Gasteiger partial charge in [0.1, 0.15) is 5.75 Å². The highest BCUT2D eigenvalue weighted by Gasteiger charge is 2.31. The highest BCUT2D eigenvalue weighted by molar-refractivity contribution is 6.36. The van der Waals surface area contributed by atoms with Gasteiger partial charge in [0.25, 0.3) is 0 Å². The first-order valence-electron chi connectivity index (χ1n) is 3.94. The summed E-state index contributed by atoms with van der Waals surface area (Å²) < 4.78 is 39.3. The molecule has 16 heavy (non-hydrogen) atoms. The van der Waals surface area contributed by atoms with Crippen LogP contribution in [0.1, 0.15) is 5.56 Å². The minimum atomic E-state index is -4.80. The number of hydrogen-bond donors (Lipinski definition) is 0. The molecule has 0 fully saturated rings. The van der Waals surface area contributed by atoms with Gasteiger partial charge in [0.05, 0.1) is 12.5 Å². The molecular weight excluding hydrogens is 266 g/mol. The van der Waals surface area contributed by atoms with Gasteiger partial charge in [-0.3, -0.25) is 0 Å². The second-order valence-corrected chi connectivity index (χ2v) is 3.56. The lowest BCUT2D eigenvalue weighted by atomic mass is 10.1. The van der Waals surface area contributed by atoms with Gasteiger partial charge in [-0.25, -0.2) is 0 Å². The molecule has 7 heteroatoms. The molecule has 0 atom stereocenters. The maximum absolute atomic E-state index is 11.9. The molecule has 0 N–H and O–H groups in total. The molecule has 0 saturated heterocycles. The molecule has 0 heterocycles. The van der Waals surface area contributed by atoms with Crippen molar-refractivity contribution in [3.63, 3.8) is 0 Å². The smallest absolute Gasteiger partial charge is 0.406 e. The van der Waals surface area contributed by atoms with E-state index in [0.717, 1.165) is 12.1 Å². The lowest BCUT2D eigenvalue weighted by Gasteiger charge is -2.11. The Morgan fingerprint density at radius 1 is 1.25 bits per heavy atom. The van der Waals surface area contributed by atoms with E-state index < -0.39 is 12.1 Å².